The van der Waals surface area contributed by atoms with Gasteiger partial charge in [-0.05, 0) is 12.1 Å². The summed E-state index contributed by atoms with van der Waals surface area (Å²) in [6, 6.07) is 3.69. The van der Waals surface area contributed by atoms with Crippen LogP contribution < -0.4 is 10.6 Å². The highest BCUT2D eigenvalue weighted by Crippen LogP contribution is 2.16. The molecule has 0 atom stereocenters. The molecular weight excluding hydrogens is 224 g/mol. The lowest BCUT2D eigenvalue weighted by Gasteiger charge is -2.27. The Balaban J connectivity index is 1.73. The molecule has 2 N–H and O–H groups in total. The summed E-state index contributed by atoms with van der Waals surface area (Å²) in [4.78, 5) is 6.62. The maximum atomic E-state index is 6.00. The van der Waals surface area contributed by atoms with Gasteiger partial charge in [0.05, 0.1) is 5.02 Å². The van der Waals surface area contributed by atoms with Crippen LogP contribution >= 0.6 is 11.6 Å². The highest BCUT2D eigenvalue weighted by atomic mass is 35.5. The number of anilines is 1. The number of pyridine rings is 1. The number of aromatic nitrogens is 1. The molecule has 16 heavy (non-hydrogen) atoms. The van der Waals surface area contributed by atoms with Gasteiger partial charge >= 0.3 is 0 Å². The van der Waals surface area contributed by atoms with E-state index in [2.05, 4.69) is 20.5 Å². The zero-order valence-corrected chi connectivity index (χ0v) is 10.0. The monoisotopic (exact) mass is 240 g/mol. The molecule has 1 aromatic heterocycles. The van der Waals surface area contributed by atoms with Gasteiger partial charge in [-0.1, -0.05) is 11.6 Å². The number of rotatable bonds is 4. The van der Waals surface area contributed by atoms with E-state index in [0.29, 0.717) is 5.02 Å². The number of piperazine rings is 1. The predicted molar refractivity (Wildman–Crippen MR) is 67.0 cm³/mol. The highest BCUT2D eigenvalue weighted by Gasteiger charge is 2.08. The van der Waals surface area contributed by atoms with Crippen molar-refractivity contribution in [2.24, 2.45) is 0 Å². The normalized spacial score (nSPS) is 17.3. The molecule has 0 aliphatic carbocycles. The number of nitrogens with zero attached hydrogens (tertiary/aromatic N) is 2. The number of halogens is 1. The molecule has 1 saturated heterocycles. The maximum Gasteiger partial charge on any atom is 0.144 e. The van der Waals surface area contributed by atoms with Gasteiger partial charge in [-0.25, -0.2) is 4.98 Å². The quantitative estimate of drug-likeness (QED) is 0.826. The van der Waals surface area contributed by atoms with Crippen LogP contribution in [0.1, 0.15) is 0 Å². The van der Waals surface area contributed by atoms with Gasteiger partial charge in [-0.2, -0.15) is 0 Å². The molecule has 0 unspecified atom stereocenters. The van der Waals surface area contributed by atoms with Crippen molar-refractivity contribution in [3.63, 3.8) is 0 Å². The van der Waals surface area contributed by atoms with Gasteiger partial charge in [0.15, 0.2) is 0 Å². The molecule has 0 radical (unpaired) electrons. The first-order valence-corrected chi connectivity index (χ1v) is 6.01. The van der Waals surface area contributed by atoms with Crippen LogP contribution in [0.25, 0.3) is 0 Å². The van der Waals surface area contributed by atoms with E-state index in [9.17, 15) is 0 Å². The van der Waals surface area contributed by atoms with Gasteiger partial charge in [-0.3, -0.25) is 4.90 Å². The molecule has 0 spiro atoms. The average molecular weight is 241 g/mol. The fraction of sp³-hybridized carbons (Fsp3) is 0.545. The lowest BCUT2D eigenvalue weighted by molar-refractivity contribution is 0.249. The smallest absolute Gasteiger partial charge is 0.144 e. The third kappa shape index (κ3) is 3.33. The van der Waals surface area contributed by atoms with Gasteiger partial charge < -0.3 is 10.6 Å². The molecule has 1 fully saturated rings. The lowest BCUT2D eigenvalue weighted by Crippen LogP contribution is -2.45. The minimum Gasteiger partial charge on any atom is -0.368 e. The van der Waals surface area contributed by atoms with Crippen molar-refractivity contribution < 1.29 is 0 Å². The lowest BCUT2D eigenvalue weighted by atomic mass is 10.3. The Morgan fingerprint density at radius 1 is 1.44 bits per heavy atom. The molecule has 0 saturated carbocycles. The summed E-state index contributed by atoms with van der Waals surface area (Å²) in [5, 5.41) is 7.27. The van der Waals surface area contributed by atoms with Crippen LogP contribution in [0, 0.1) is 0 Å². The largest absolute Gasteiger partial charge is 0.368 e. The van der Waals surface area contributed by atoms with Gasteiger partial charge in [0.2, 0.25) is 0 Å². The van der Waals surface area contributed by atoms with E-state index in [0.717, 1.165) is 45.1 Å². The topological polar surface area (TPSA) is 40.2 Å². The second-order valence-electron chi connectivity index (χ2n) is 3.85. The van der Waals surface area contributed by atoms with Crippen molar-refractivity contribution in [3.05, 3.63) is 23.4 Å². The molecule has 1 aromatic rings. The molecular formula is C11H17ClN4. The maximum absolute atomic E-state index is 6.00. The van der Waals surface area contributed by atoms with Crippen LogP contribution in [-0.2, 0) is 0 Å². The Bertz CT molecular complexity index is 326. The van der Waals surface area contributed by atoms with E-state index in [1.165, 1.54) is 0 Å². The van der Waals surface area contributed by atoms with E-state index in [-0.39, 0.29) is 0 Å². The molecule has 0 amide bonds. The molecule has 2 rings (SSSR count). The molecule has 0 bridgehead atoms. The summed E-state index contributed by atoms with van der Waals surface area (Å²) >= 11 is 6.00. The van der Waals surface area contributed by atoms with Gasteiger partial charge in [0.1, 0.15) is 5.82 Å². The van der Waals surface area contributed by atoms with E-state index in [4.69, 9.17) is 11.6 Å². The van der Waals surface area contributed by atoms with E-state index in [1.54, 1.807) is 6.20 Å². The van der Waals surface area contributed by atoms with Gasteiger partial charge in [0, 0.05) is 45.5 Å². The van der Waals surface area contributed by atoms with Crippen LogP contribution in [0.5, 0.6) is 0 Å². The fourth-order valence-electron chi connectivity index (χ4n) is 1.78. The molecule has 4 nitrogen and oxygen atoms in total. The molecule has 1 aliphatic rings. The summed E-state index contributed by atoms with van der Waals surface area (Å²) < 4.78 is 0. The highest BCUT2D eigenvalue weighted by molar-refractivity contribution is 6.32. The zero-order valence-electron chi connectivity index (χ0n) is 9.25. The Kier molecular flexibility index (Phi) is 4.39. The predicted octanol–water partition coefficient (Wildman–Crippen LogP) is 1.05. The number of hydrogen-bond acceptors (Lipinski definition) is 4. The first-order valence-electron chi connectivity index (χ1n) is 5.64. The van der Waals surface area contributed by atoms with Crippen LogP contribution in [-0.4, -0.2) is 49.2 Å². The average Bonchev–Trinajstić information content (AvgIpc) is 2.33. The van der Waals surface area contributed by atoms with E-state index in [1.807, 2.05) is 12.1 Å². The SMILES string of the molecule is Clc1cccnc1NCCN1CCNCC1. The van der Waals surface area contributed by atoms with Crippen molar-refractivity contribution in [1.82, 2.24) is 15.2 Å². The second-order valence-corrected chi connectivity index (χ2v) is 4.26. The van der Waals surface area contributed by atoms with E-state index >= 15 is 0 Å². The molecule has 2 heterocycles. The molecule has 5 heteroatoms. The Hall–Kier alpha value is -0.840. The summed E-state index contributed by atoms with van der Waals surface area (Å²) in [5.41, 5.74) is 0. The standard InChI is InChI=1S/C11H17ClN4/c12-10-2-1-3-14-11(10)15-6-9-16-7-4-13-5-8-16/h1-3,13H,4-9H2,(H,14,15). The van der Waals surface area contributed by atoms with Crippen LogP contribution in [0.4, 0.5) is 5.82 Å². The molecule has 1 aliphatic heterocycles. The van der Waals surface area contributed by atoms with Gasteiger partial charge in [0.25, 0.3) is 0 Å². The third-order valence-corrected chi connectivity index (χ3v) is 2.99. The summed E-state index contributed by atoms with van der Waals surface area (Å²) in [5.74, 6) is 0.777. The van der Waals surface area contributed by atoms with Crippen LogP contribution in [0.15, 0.2) is 18.3 Å². The Morgan fingerprint density at radius 2 is 2.25 bits per heavy atom. The Labute approximate surface area is 101 Å². The number of hydrogen-bond donors (Lipinski definition) is 2. The van der Waals surface area contributed by atoms with E-state index < -0.39 is 0 Å². The van der Waals surface area contributed by atoms with Crippen molar-refractivity contribution >= 4 is 17.4 Å². The molecule has 88 valence electrons. The third-order valence-electron chi connectivity index (χ3n) is 2.69. The van der Waals surface area contributed by atoms with Crippen molar-refractivity contribution in [1.29, 1.82) is 0 Å². The summed E-state index contributed by atoms with van der Waals surface area (Å²) in [6.45, 7) is 6.34. The second kappa shape index (κ2) is 6.03. The zero-order chi connectivity index (χ0) is 11.2. The first-order chi connectivity index (χ1) is 7.86. The first kappa shape index (κ1) is 11.6. The summed E-state index contributed by atoms with van der Waals surface area (Å²) in [7, 11) is 0. The minimum absolute atomic E-state index is 0.683. The van der Waals surface area contributed by atoms with Gasteiger partial charge in [-0.15, -0.1) is 0 Å². The van der Waals surface area contributed by atoms with Crippen LogP contribution in [0.2, 0.25) is 5.02 Å². The van der Waals surface area contributed by atoms with Crippen LogP contribution in [0.3, 0.4) is 0 Å². The summed E-state index contributed by atoms with van der Waals surface area (Å²) in [6.07, 6.45) is 1.75. The Morgan fingerprint density at radius 3 is 3.00 bits per heavy atom. The van der Waals surface area contributed by atoms with Crippen molar-refractivity contribution in [2.45, 2.75) is 0 Å². The number of nitrogens with one attached hydrogen (secondary N) is 2. The van der Waals surface area contributed by atoms with Crippen molar-refractivity contribution in [2.75, 3.05) is 44.6 Å². The fourth-order valence-corrected chi connectivity index (χ4v) is 1.97. The van der Waals surface area contributed by atoms with Crippen molar-refractivity contribution in [3.8, 4) is 0 Å². The molecule has 0 aromatic carbocycles. The minimum atomic E-state index is 0.683.